The van der Waals surface area contributed by atoms with Gasteiger partial charge in [0.15, 0.2) is 0 Å². The lowest BCUT2D eigenvalue weighted by Crippen LogP contribution is -2.25. The van der Waals surface area contributed by atoms with Gasteiger partial charge in [-0.05, 0) is 42.3 Å². The zero-order valence-electron chi connectivity index (χ0n) is 12.4. The molecule has 23 heavy (non-hydrogen) atoms. The first kappa shape index (κ1) is 15.5. The SMILES string of the molecule is CC(=O)N1CCc2ccc(NS(=O)(=O)c3cccc(F)c3)cc21. The van der Waals surface area contributed by atoms with Crippen molar-refractivity contribution in [2.24, 2.45) is 0 Å². The van der Waals surface area contributed by atoms with Gasteiger partial charge in [0.2, 0.25) is 5.91 Å². The zero-order chi connectivity index (χ0) is 16.6. The number of carbonyl (C=O) groups excluding carboxylic acids is 1. The van der Waals surface area contributed by atoms with Gasteiger partial charge >= 0.3 is 0 Å². The highest BCUT2D eigenvalue weighted by atomic mass is 32.2. The van der Waals surface area contributed by atoms with Crippen molar-refractivity contribution < 1.29 is 17.6 Å². The first-order valence-electron chi connectivity index (χ1n) is 7.06. The van der Waals surface area contributed by atoms with E-state index in [0.717, 1.165) is 18.1 Å². The molecule has 0 unspecified atom stereocenters. The second kappa shape index (κ2) is 5.66. The molecule has 0 fully saturated rings. The Labute approximate surface area is 133 Å². The Balaban J connectivity index is 1.92. The van der Waals surface area contributed by atoms with E-state index in [1.165, 1.54) is 25.1 Å². The minimum atomic E-state index is -3.88. The third-order valence-electron chi connectivity index (χ3n) is 3.72. The highest BCUT2D eigenvalue weighted by molar-refractivity contribution is 7.92. The van der Waals surface area contributed by atoms with Crippen molar-refractivity contribution in [2.45, 2.75) is 18.2 Å². The third-order valence-corrected chi connectivity index (χ3v) is 5.10. The Hall–Kier alpha value is -2.41. The van der Waals surface area contributed by atoms with Crippen LogP contribution >= 0.6 is 0 Å². The predicted octanol–water partition coefficient (Wildman–Crippen LogP) is 2.54. The number of carbonyl (C=O) groups is 1. The van der Waals surface area contributed by atoms with Crippen LogP contribution in [0.3, 0.4) is 0 Å². The van der Waals surface area contributed by atoms with Gasteiger partial charge in [0.25, 0.3) is 10.0 Å². The Bertz CT molecular complexity index is 881. The van der Waals surface area contributed by atoms with Gasteiger partial charge in [0.1, 0.15) is 5.82 Å². The molecule has 0 saturated carbocycles. The molecule has 7 heteroatoms. The maximum absolute atomic E-state index is 13.2. The topological polar surface area (TPSA) is 66.5 Å². The van der Waals surface area contributed by atoms with Gasteiger partial charge in [-0.25, -0.2) is 12.8 Å². The molecule has 1 amide bonds. The van der Waals surface area contributed by atoms with Crippen LogP contribution in [0.5, 0.6) is 0 Å². The summed E-state index contributed by atoms with van der Waals surface area (Å²) in [5.41, 5.74) is 2.03. The lowest BCUT2D eigenvalue weighted by atomic mass is 10.1. The van der Waals surface area contributed by atoms with E-state index in [4.69, 9.17) is 0 Å². The molecule has 1 N–H and O–H groups in total. The number of rotatable bonds is 3. The van der Waals surface area contributed by atoms with E-state index in [0.29, 0.717) is 17.9 Å². The summed E-state index contributed by atoms with van der Waals surface area (Å²) < 4.78 is 40.3. The van der Waals surface area contributed by atoms with Crippen molar-refractivity contribution in [3.05, 3.63) is 53.8 Å². The molecule has 120 valence electrons. The lowest BCUT2D eigenvalue weighted by molar-refractivity contribution is -0.116. The summed E-state index contributed by atoms with van der Waals surface area (Å²) >= 11 is 0. The molecule has 0 radical (unpaired) electrons. The minimum Gasteiger partial charge on any atom is -0.312 e. The third kappa shape index (κ3) is 3.05. The van der Waals surface area contributed by atoms with Crippen LogP contribution in [0.1, 0.15) is 12.5 Å². The molecule has 0 aliphatic carbocycles. The zero-order valence-corrected chi connectivity index (χ0v) is 13.2. The molecule has 1 aliphatic rings. The number of amides is 1. The molecule has 5 nitrogen and oxygen atoms in total. The summed E-state index contributed by atoms with van der Waals surface area (Å²) in [6.07, 6.45) is 0.742. The van der Waals surface area contributed by atoms with Crippen LogP contribution in [0.15, 0.2) is 47.4 Å². The fourth-order valence-electron chi connectivity index (χ4n) is 2.62. The van der Waals surface area contributed by atoms with Crippen LogP contribution in [0, 0.1) is 5.82 Å². The standard InChI is InChI=1S/C16H15FN2O3S/c1-11(20)19-8-7-12-5-6-14(10-16(12)19)18-23(21,22)15-4-2-3-13(17)9-15/h2-6,9-10,18H,7-8H2,1H3. The molecule has 0 saturated heterocycles. The molecule has 2 aromatic rings. The molecule has 0 bridgehead atoms. The van der Waals surface area contributed by atoms with Crippen molar-refractivity contribution in [1.29, 1.82) is 0 Å². The average molecular weight is 334 g/mol. The number of anilines is 2. The van der Waals surface area contributed by atoms with E-state index in [9.17, 15) is 17.6 Å². The Morgan fingerprint density at radius 1 is 1.22 bits per heavy atom. The predicted molar refractivity (Wildman–Crippen MR) is 85.4 cm³/mol. The second-order valence-electron chi connectivity index (χ2n) is 5.33. The fourth-order valence-corrected chi connectivity index (χ4v) is 3.70. The van der Waals surface area contributed by atoms with Crippen molar-refractivity contribution >= 4 is 27.3 Å². The highest BCUT2D eigenvalue weighted by Gasteiger charge is 2.23. The smallest absolute Gasteiger partial charge is 0.261 e. The second-order valence-corrected chi connectivity index (χ2v) is 7.01. The van der Waals surface area contributed by atoms with E-state index < -0.39 is 15.8 Å². The van der Waals surface area contributed by atoms with Gasteiger partial charge in [-0.15, -0.1) is 0 Å². The molecular weight excluding hydrogens is 319 g/mol. The normalized spacial score (nSPS) is 13.7. The van der Waals surface area contributed by atoms with E-state index in [1.54, 1.807) is 23.1 Å². The fraction of sp³-hybridized carbons (Fsp3) is 0.188. The Kier molecular flexibility index (Phi) is 3.81. The summed E-state index contributed by atoms with van der Waals surface area (Å²) in [6.45, 7) is 2.06. The minimum absolute atomic E-state index is 0.0890. The van der Waals surface area contributed by atoms with E-state index in [1.807, 2.05) is 0 Å². The quantitative estimate of drug-likeness (QED) is 0.938. The van der Waals surface area contributed by atoms with Crippen LogP contribution in [-0.2, 0) is 21.2 Å². The van der Waals surface area contributed by atoms with Crippen LogP contribution in [0.2, 0.25) is 0 Å². The van der Waals surface area contributed by atoms with Crippen molar-refractivity contribution in [3.63, 3.8) is 0 Å². The number of nitrogens with zero attached hydrogens (tertiary/aromatic N) is 1. The number of nitrogens with one attached hydrogen (secondary N) is 1. The lowest BCUT2D eigenvalue weighted by Gasteiger charge is -2.16. The van der Waals surface area contributed by atoms with Crippen LogP contribution < -0.4 is 9.62 Å². The maximum atomic E-state index is 13.2. The van der Waals surface area contributed by atoms with Gasteiger partial charge in [0.05, 0.1) is 10.6 Å². The maximum Gasteiger partial charge on any atom is 0.261 e. The van der Waals surface area contributed by atoms with Crippen LogP contribution in [0.4, 0.5) is 15.8 Å². The summed E-state index contributed by atoms with van der Waals surface area (Å²) in [6, 6.07) is 9.85. The molecule has 2 aromatic carbocycles. The molecule has 0 aromatic heterocycles. The largest absolute Gasteiger partial charge is 0.312 e. The van der Waals surface area contributed by atoms with E-state index >= 15 is 0 Å². The summed E-state index contributed by atoms with van der Waals surface area (Å²) in [4.78, 5) is 13.1. The van der Waals surface area contributed by atoms with E-state index in [2.05, 4.69) is 4.72 Å². The summed E-state index contributed by atoms with van der Waals surface area (Å²) in [5.74, 6) is -0.710. The summed E-state index contributed by atoms with van der Waals surface area (Å²) in [5, 5.41) is 0. The average Bonchev–Trinajstić information content (AvgIpc) is 2.90. The number of sulfonamides is 1. The van der Waals surface area contributed by atoms with Gasteiger partial charge < -0.3 is 4.90 Å². The summed E-state index contributed by atoms with van der Waals surface area (Å²) in [7, 11) is -3.88. The van der Waals surface area contributed by atoms with Gasteiger partial charge in [-0.1, -0.05) is 12.1 Å². The van der Waals surface area contributed by atoms with Crippen molar-refractivity contribution in [1.82, 2.24) is 0 Å². The Morgan fingerprint density at radius 2 is 2.00 bits per heavy atom. The van der Waals surface area contributed by atoms with Crippen molar-refractivity contribution in [3.8, 4) is 0 Å². The number of benzene rings is 2. The molecular formula is C16H15FN2O3S. The molecule has 3 rings (SSSR count). The first-order chi connectivity index (χ1) is 10.9. The van der Waals surface area contributed by atoms with Crippen molar-refractivity contribution in [2.75, 3.05) is 16.2 Å². The number of hydrogen-bond acceptors (Lipinski definition) is 3. The number of fused-ring (bicyclic) bond motifs is 1. The Morgan fingerprint density at radius 3 is 2.70 bits per heavy atom. The van der Waals surface area contributed by atoms with Gasteiger partial charge in [-0.2, -0.15) is 0 Å². The van der Waals surface area contributed by atoms with Crippen LogP contribution in [-0.4, -0.2) is 20.9 Å². The van der Waals surface area contributed by atoms with Gasteiger partial charge in [-0.3, -0.25) is 9.52 Å². The molecule has 0 spiro atoms. The molecule has 1 heterocycles. The van der Waals surface area contributed by atoms with Crippen LogP contribution in [0.25, 0.3) is 0 Å². The molecule has 1 aliphatic heterocycles. The first-order valence-corrected chi connectivity index (χ1v) is 8.54. The molecule has 0 atom stereocenters. The van der Waals surface area contributed by atoms with E-state index in [-0.39, 0.29) is 10.8 Å². The monoisotopic (exact) mass is 334 g/mol. The highest BCUT2D eigenvalue weighted by Crippen LogP contribution is 2.31. The number of halogens is 1. The number of hydrogen-bond donors (Lipinski definition) is 1. The van der Waals surface area contributed by atoms with Gasteiger partial charge in [0, 0.05) is 19.2 Å².